The first-order chi connectivity index (χ1) is 6.86. The summed E-state index contributed by atoms with van der Waals surface area (Å²) in [7, 11) is 0. The molecule has 0 aromatic heterocycles. The van der Waals surface area contributed by atoms with Gasteiger partial charge in [0.15, 0.2) is 0 Å². The van der Waals surface area contributed by atoms with Crippen molar-refractivity contribution >= 4 is 11.8 Å². The molecule has 1 saturated carbocycles. The Morgan fingerprint density at radius 3 is 2.36 bits per heavy atom. The molecule has 2 unspecified atom stereocenters. The van der Waals surface area contributed by atoms with E-state index in [2.05, 4.69) is 11.8 Å². The van der Waals surface area contributed by atoms with Crippen LogP contribution in [0, 0.1) is 0 Å². The minimum absolute atomic E-state index is 0.431. The van der Waals surface area contributed by atoms with Gasteiger partial charge in [-0.1, -0.05) is 25.7 Å². The molecule has 0 aromatic rings. The lowest BCUT2D eigenvalue weighted by Gasteiger charge is -2.33. The van der Waals surface area contributed by atoms with Gasteiger partial charge in [-0.15, -0.1) is 11.8 Å². The van der Waals surface area contributed by atoms with Crippen molar-refractivity contribution < 1.29 is 4.74 Å². The smallest absolute Gasteiger partial charge is 0.0608 e. The summed E-state index contributed by atoms with van der Waals surface area (Å²) in [6, 6.07) is 0.431. The first-order valence-corrected chi connectivity index (χ1v) is 6.79. The minimum Gasteiger partial charge on any atom is -0.379 e. The Labute approximate surface area is 91.0 Å². The first kappa shape index (κ1) is 10.8. The molecular weight excluding hydrogens is 194 g/mol. The molecule has 2 fully saturated rings. The lowest BCUT2D eigenvalue weighted by Crippen LogP contribution is -2.39. The molecule has 0 radical (unpaired) electrons. The summed E-state index contributed by atoms with van der Waals surface area (Å²) in [5, 5.41) is 1.44. The molecule has 0 spiro atoms. The second-order valence-electron chi connectivity index (χ2n) is 4.49. The van der Waals surface area contributed by atoms with Gasteiger partial charge in [0.25, 0.3) is 0 Å². The zero-order chi connectivity index (χ0) is 9.80. The highest BCUT2D eigenvalue weighted by molar-refractivity contribution is 8.00. The van der Waals surface area contributed by atoms with Crippen LogP contribution in [0.2, 0.25) is 0 Å². The molecule has 1 aliphatic heterocycles. The maximum absolute atomic E-state index is 6.21. The number of ether oxygens (including phenoxy) is 1. The lowest BCUT2D eigenvalue weighted by atomic mass is 9.97. The Kier molecular flexibility index (Phi) is 4.14. The van der Waals surface area contributed by atoms with Gasteiger partial charge in [0.1, 0.15) is 0 Å². The van der Waals surface area contributed by atoms with E-state index in [4.69, 9.17) is 10.5 Å². The molecule has 1 saturated heterocycles. The minimum atomic E-state index is 0.431. The average Bonchev–Trinajstić information content (AvgIpc) is 2.08. The average molecular weight is 215 g/mol. The molecule has 0 amide bonds. The van der Waals surface area contributed by atoms with Crippen LogP contribution in [-0.2, 0) is 4.74 Å². The Hall–Kier alpha value is 0.270. The third-order valence-electron chi connectivity index (χ3n) is 3.23. The SMILES string of the molecule is NC1CCCCCCC1SC1COC1. The van der Waals surface area contributed by atoms with Crippen molar-refractivity contribution in [2.75, 3.05) is 13.2 Å². The summed E-state index contributed by atoms with van der Waals surface area (Å²) in [4.78, 5) is 0. The molecule has 2 N–H and O–H groups in total. The number of hydrogen-bond donors (Lipinski definition) is 1. The fourth-order valence-corrected chi connectivity index (χ4v) is 3.67. The van der Waals surface area contributed by atoms with Crippen molar-refractivity contribution in [3.05, 3.63) is 0 Å². The van der Waals surface area contributed by atoms with E-state index < -0.39 is 0 Å². The topological polar surface area (TPSA) is 35.2 Å². The number of nitrogens with two attached hydrogens (primary N) is 1. The summed E-state index contributed by atoms with van der Waals surface area (Å²) >= 11 is 2.09. The van der Waals surface area contributed by atoms with Gasteiger partial charge in [0, 0.05) is 11.3 Å². The van der Waals surface area contributed by atoms with Crippen LogP contribution >= 0.6 is 11.8 Å². The second kappa shape index (κ2) is 5.38. The largest absolute Gasteiger partial charge is 0.379 e. The van der Waals surface area contributed by atoms with E-state index in [0.29, 0.717) is 11.3 Å². The van der Waals surface area contributed by atoms with Crippen LogP contribution < -0.4 is 5.73 Å². The molecule has 1 aliphatic carbocycles. The van der Waals surface area contributed by atoms with Crippen LogP contribution in [0.15, 0.2) is 0 Å². The summed E-state index contributed by atoms with van der Waals surface area (Å²) in [5.74, 6) is 0. The second-order valence-corrected chi connectivity index (χ2v) is 6.03. The highest BCUT2D eigenvalue weighted by Gasteiger charge is 2.27. The maximum Gasteiger partial charge on any atom is 0.0608 e. The highest BCUT2D eigenvalue weighted by Crippen LogP contribution is 2.31. The number of hydrogen-bond acceptors (Lipinski definition) is 3. The lowest BCUT2D eigenvalue weighted by molar-refractivity contribution is 0.0452. The van der Waals surface area contributed by atoms with Gasteiger partial charge < -0.3 is 10.5 Å². The van der Waals surface area contributed by atoms with Crippen molar-refractivity contribution in [2.45, 2.75) is 55.1 Å². The Balaban J connectivity index is 1.78. The van der Waals surface area contributed by atoms with Crippen LogP contribution in [0.5, 0.6) is 0 Å². The normalized spacial score (nSPS) is 35.8. The molecule has 0 aromatic carbocycles. The van der Waals surface area contributed by atoms with Crippen LogP contribution in [-0.4, -0.2) is 29.8 Å². The standard InChI is InChI=1S/C11H21NOS/c12-10-5-3-1-2-4-6-11(10)14-9-7-13-8-9/h9-11H,1-8,12H2. The number of rotatable bonds is 2. The predicted octanol–water partition coefficient (Wildman–Crippen LogP) is 2.17. The van der Waals surface area contributed by atoms with Gasteiger partial charge in [-0.25, -0.2) is 0 Å². The van der Waals surface area contributed by atoms with Gasteiger partial charge in [0.2, 0.25) is 0 Å². The van der Waals surface area contributed by atoms with E-state index in [1.54, 1.807) is 0 Å². The van der Waals surface area contributed by atoms with E-state index in [1.807, 2.05) is 0 Å². The van der Waals surface area contributed by atoms with Crippen LogP contribution in [0.4, 0.5) is 0 Å². The van der Waals surface area contributed by atoms with Crippen molar-refractivity contribution in [1.82, 2.24) is 0 Å². The fourth-order valence-electron chi connectivity index (χ4n) is 2.19. The molecule has 14 heavy (non-hydrogen) atoms. The van der Waals surface area contributed by atoms with Gasteiger partial charge in [-0.05, 0) is 12.8 Å². The summed E-state index contributed by atoms with van der Waals surface area (Å²) in [5.41, 5.74) is 6.21. The third-order valence-corrected chi connectivity index (χ3v) is 4.82. The van der Waals surface area contributed by atoms with Crippen molar-refractivity contribution in [3.8, 4) is 0 Å². The summed E-state index contributed by atoms with van der Waals surface area (Å²) in [6.07, 6.45) is 8.05. The van der Waals surface area contributed by atoms with Crippen LogP contribution in [0.25, 0.3) is 0 Å². The van der Waals surface area contributed by atoms with Gasteiger partial charge in [0.05, 0.1) is 18.5 Å². The Bertz CT molecular complexity index is 173. The number of thioether (sulfide) groups is 1. The predicted molar refractivity (Wildman–Crippen MR) is 61.7 cm³/mol. The monoisotopic (exact) mass is 215 g/mol. The highest BCUT2D eigenvalue weighted by atomic mass is 32.2. The molecule has 2 atom stereocenters. The zero-order valence-electron chi connectivity index (χ0n) is 8.78. The molecule has 2 aliphatic rings. The van der Waals surface area contributed by atoms with E-state index in [-0.39, 0.29) is 0 Å². The zero-order valence-corrected chi connectivity index (χ0v) is 9.60. The Morgan fingerprint density at radius 1 is 1.00 bits per heavy atom. The maximum atomic E-state index is 6.21. The van der Waals surface area contributed by atoms with Gasteiger partial charge in [-0.3, -0.25) is 0 Å². The van der Waals surface area contributed by atoms with Gasteiger partial charge in [-0.2, -0.15) is 0 Å². The third kappa shape index (κ3) is 2.88. The summed E-state index contributed by atoms with van der Waals surface area (Å²) in [6.45, 7) is 1.90. The summed E-state index contributed by atoms with van der Waals surface area (Å²) < 4.78 is 5.21. The molecule has 2 rings (SSSR count). The first-order valence-electron chi connectivity index (χ1n) is 5.85. The quantitative estimate of drug-likeness (QED) is 0.767. The molecular formula is C11H21NOS. The van der Waals surface area contributed by atoms with Crippen molar-refractivity contribution in [2.24, 2.45) is 5.73 Å². The van der Waals surface area contributed by atoms with E-state index >= 15 is 0 Å². The van der Waals surface area contributed by atoms with Crippen LogP contribution in [0.3, 0.4) is 0 Å². The molecule has 1 heterocycles. The molecule has 2 nitrogen and oxygen atoms in total. The van der Waals surface area contributed by atoms with Crippen LogP contribution in [0.1, 0.15) is 38.5 Å². The Morgan fingerprint density at radius 2 is 1.71 bits per heavy atom. The van der Waals surface area contributed by atoms with E-state index in [1.165, 1.54) is 38.5 Å². The van der Waals surface area contributed by atoms with E-state index in [9.17, 15) is 0 Å². The molecule has 82 valence electrons. The van der Waals surface area contributed by atoms with Crippen molar-refractivity contribution in [1.29, 1.82) is 0 Å². The molecule has 3 heteroatoms. The fraction of sp³-hybridized carbons (Fsp3) is 1.00. The van der Waals surface area contributed by atoms with Gasteiger partial charge >= 0.3 is 0 Å². The van der Waals surface area contributed by atoms with Crippen molar-refractivity contribution in [3.63, 3.8) is 0 Å². The van der Waals surface area contributed by atoms with E-state index in [0.717, 1.165) is 18.5 Å². The molecule has 0 bridgehead atoms.